The molecule has 150 valence electrons. The van der Waals surface area contributed by atoms with Gasteiger partial charge in [-0.25, -0.2) is 13.9 Å². The fourth-order valence-electron chi connectivity index (χ4n) is 3.30. The molecule has 1 aliphatic rings. The number of nitrogens with zero attached hydrogens (tertiary/aromatic N) is 2. The van der Waals surface area contributed by atoms with Crippen LogP contribution in [0, 0.1) is 18.7 Å². The fraction of sp³-hybridized carbons (Fsp3) is 0.421. The van der Waals surface area contributed by atoms with Crippen molar-refractivity contribution >= 4 is 17.8 Å². The summed E-state index contributed by atoms with van der Waals surface area (Å²) < 4.78 is 14.5. The minimum absolute atomic E-state index is 0.0200. The van der Waals surface area contributed by atoms with Crippen molar-refractivity contribution in [3.8, 4) is 0 Å². The third-order valence-corrected chi connectivity index (χ3v) is 4.79. The van der Waals surface area contributed by atoms with Gasteiger partial charge in [-0.1, -0.05) is 19.1 Å². The maximum atomic E-state index is 13.0. The summed E-state index contributed by atoms with van der Waals surface area (Å²) in [4.78, 5) is 24.6. The molecule has 1 fully saturated rings. The first-order chi connectivity index (χ1) is 13.4. The van der Waals surface area contributed by atoms with E-state index in [1.165, 1.54) is 12.1 Å². The van der Waals surface area contributed by atoms with Crippen LogP contribution >= 0.6 is 0 Å². The lowest BCUT2D eigenvalue weighted by molar-refractivity contribution is -0.130. The molecule has 8 nitrogen and oxygen atoms in total. The van der Waals surface area contributed by atoms with Crippen LogP contribution in [0.3, 0.4) is 0 Å². The van der Waals surface area contributed by atoms with Gasteiger partial charge < -0.3 is 10.6 Å². The first-order valence-corrected chi connectivity index (χ1v) is 9.29. The number of aryl methyl sites for hydroxylation is 1. The van der Waals surface area contributed by atoms with Crippen LogP contribution in [0.2, 0.25) is 0 Å². The van der Waals surface area contributed by atoms with Gasteiger partial charge in [0.25, 0.3) is 0 Å². The zero-order valence-corrected chi connectivity index (χ0v) is 16.1. The number of nitrogens with one attached hydrogen (secondary N) is 4. The van der Waals surface area contributed by atoms with E-state index >= 15 is 0 Å². The Balaban J connectivity index is 1.66. The van der Waals surface area contributed by atoms with Gasteiger partial charge in [0.15, 0.2) is 6.29 Å². The van der Waals surface area contributed by atoms with Crippen LogP contribution in [0.4, 0.5) is 15.0 Å². The monoisotopic (exact) mass is 388 g/mol. The Morgan fingerprint density at radius 3 is 2.68 bits per heavy atom. The van der Waals surface area contributed by atoms with Gasteiger partial charge >= 0.3 is 6.03 Å². The van der Waals surface area contributed by atoms with Crippen LogP contribution in [0.1, 0.15) is 37.8 Å². The molecule has 28 heavy (non-hydrogen) atoms. The largest absolute Gasteiger partial charge is 0.334 e. The van der Waals surface area contributed by atoms with E-state index in [4.69, 9.17) is 0 Å². The van der Waals surface area contributed by atoms with Gasteiger partial charge in [-0.15, -0.1) is 0 Å². The van der Waals surface area contributed by atoms with E-state index in [-0.39, 0.29) is 30.2 Å². The normalized spacial score (nSPS) is 21.9. The summed E-state index contributed by atoms with van der Waals surface area (Å²) >= 11 is 0. The first-order valence-electron chi connectivity index (χ1n) is 9.29. The van der Waals surface area contributed by atoms with Gasteiger partial charge in [0.05, 0.1) is 11.6 Å². The molecule has 0 aliphatic carbocycles. The highest BCUT2D eigenvalue weighted by Gasteiger charge is 2.34. The molecular weight excluding hydrogens is 363 g/mol. The van der Waals surface area contributed by atoms with E-state index in [9.17, 15) is 14.0 Å². The van der Waals surface area contributed by atoms with Crippen LogP contribution in [0.15, 0.2) is 30.3 Å². The van der Waals surface area contributed by atoms with E-state index in [1.807, 2.05) is 13.8 Å². The molecule has 1 aromatic carbocycles. The van der Waals surface area contributed by atoms with Crippen molar-refractivity contribution < 1.29 is 14.0 Å². The lowest BCUT2D eigenvalue weighted by Crippen LogP contribution is -2.57. The Labute approximate surface area is 162 Å². The molecule has 1 saturated heterocycles. The molecule has 3 atom stereocenters. The summed E-state index contributed by atoms with van der Waals surface area (Å²) in [5.41, 5.74) is 1.48. The Hall–Kier alpha value is -2.94. The number of benzene rings is 1. The molecular formula is C19H25FN6O2. The van der Waals surface area contributed by atoms with E-state index in [0.717, 1.165) is 12.0 Å². The van der Waals surface area contributed by atoms with E-state index in [0.29, 0.717) is 11.5 Å². The van der Waals surface area contributed by atoms with Crippen LogP contribution in [-0.2, 0) is 11.3 Å². The average molecular weight is 388 g/mol. The Kier molecular flexibility index (Phi) is 5.93. The molecule has 3 unspecified atom stereocenters. The predicted molar refractivity (Wildman–Crippen MR) is 103 cm³/mol. The molecule has 0 saturated carbocycles. The summed E-state index contributed by atoms with van der Waals surface area (Å²) in [6.07, 6.45) is 0.188. The summed E-state index contributed by atoms with van der Waals surface area (Å²) in [7, 11) is 0. The molecule has 2 heterocycles. The van der Waals surface area contributed by atoms with Crippen molar-refractivity contribution in [2.75, 3.05) is 5.32 Å². The third kappa shape index (κ3) is 4.48. The average Bonchev–Trinajstić information content (AvgIpc) is 3.01. The summed E-state index contributed by atoms with van der Waals surface area (Å²) in [6, 6.07) is 7.18. The number of amides is 3. The minimum atomic E-state index is -0.550. The second kappa shape index (κ2) is 8.39. The van der Waals surface area contributed by atoms with Crippen molar-refractivity contribution in [3.63, 3.8) is 0 Å². The lowest BCUT2D eigenvalue weighted by atomic mass is 9.95. The van der Waals surface area contributed by atoms with Gasteiger partial charge in [-0.2, -0.15) is 5.10 Å². The van der Waals surface area contributed by atoms with Gasteiger partial charge in [0, 0.05) is 18.7 Å². The molecule has 9 heteroatoms. The zero-order chi connectivity index (χ0) is 20.3. The van der Waals surface area contributed by atoms with Crippen LogP contribution in [0.25, 0.3) is 0 Å². The highest BCUT2D eigenvalue weighted by Crippen LogP contribution is 2.21. The smallest absolute Gasteiger partial charge is 0.320 e. The topological polar surface area (TPSA) is 100 Å². The standard InChI is InChI=1S/C19H25FN6O2/c1-4-15-12(3)22-18(24-17(15)27)26-16(9-11(2)25-26)23-19(28)21-10-13-5-7-14(20)8-6-13/h5-9,12,15,18,22H,4,10H2,1-3H3,(H,24,27)(H2,21,23,28). The Morgan fingerprint density at radius 2 is 2.04 bits per heavy atom. The van der Waals surface area contributed by atoms with Crippen molar-refractivity contribution in [3.05, 3.63) is 47.4 Å². The number of aromatic nitrogens is 2. The number of rotatable bonds is 5. The highest BCUT2D eigenvalue weighted by molar-refractivity contribution is 5.88. The molecule has 0 spiro atoms. The molecule has 2 aromatic rings. The van der Waals surface area contributed by atoms with Crippen LogP contribution < -0.4 is 21.3 Å². The zero-order valence-electron chi connectivity index (χ0n) is 16.1. The summed E-state index contributed by atoms with van der Waals surface area (Å²) in [6.45, 7) is 5.99. The van der Waals surface area contributed by atoms with Gasteiger partial charge in [0.2, 0.25) is 5.91 Å². The molecule has 3 rings (SSSR count). The number of hydrogen-bond donors (Lipinski definition) is 4. The van der Waals surface area contributed by atoms with Gasteiger partial charge in [-0.05, 0) is 38.0 Å². The number of hydrogen-bond acceptors (Lipinski definition) is 4. The van der Waals surface area contributed by atoms with E-state index in [1.54, 1.807) is 29.8 Å². The minimum Gasteiger partial charge on any atom is -0.334 e. The second-order valence-corrected chi connectivity index (χ2v) is 6.93. The SMILES string of the molecule is CCC1C(=O)NC(n2nc(C)cc2NC(=O)NCc2ccc(F)cc2)NC1C. The molecule has 1 aromatic heterocycles. The van der Waals surface area contributed by atoms with Crippen LogP contribution in [0.5, 0.6) is 0 Å². The molecule has 0 bridgehead atoms. The summed E-state index contributed by atoms with van der Waals surface area (Å²) in [5.74, 6) is -0.0230. The van der Waals surface area contributed by atoms with Crippen LogP contribution in [-0.4, -0.2) is 27.8 Å². The van der Waals surface area contributed by atoms with Crippen molar-refractivity contribution in [2.24, 2.45) is 5.92 Å². The number of anilines is 1. The number of carbonyl (C=O) groups excluding carboxylic acids is 2. The fourth-order valence-corrected chi connectivity index (χ4v) is 3.30. The second-order valence-electron chi connectivity index (χ2n) is 6.93. The molecule has 3 amide bonds. The first kappa shape index (κ1) is 19.8. The number of urea groups is 1. The van der Waals surface area contributed by atoms with Crippen molar-refractivity contribution in [2.45, 2.75) is 46.1 Å². The van der Waals surface area contributed by atoms with Gasteiger partial charge in [-0.3, -0.25) is 15.4 Å². The summed E-state index contributed by atoms with van der Waals surface area (Å²) in [5, 5.41) is 16.1. The van der Waals surface area contributed by atoms with E-state index in [2.05, 4.69) is 26.4 Å². The van der Waals surface area contributed by atoms with E-state index < -0.39 is 12.3 Å². The van der Waals surface area contributed by atoms with Crippen molar-refractivity contribution in [1.29, 1.82) is 0 Å². The highest BCUT2D eigenvalue weighted by atomic mass is 19.1. The Bertz CT molecular complexity index is 851. The lowest BCUT2D eigenvalue weighted by Gasteiger charge is -2.35. The van der Waals surface area contributed by atoms with Gasteiger partial charge in [0.1, 0.15) is 11.6 Å². The third-order valence-electron chi connectivity index (χ3n) is 4.79. The molecule has 4 N–H and O–H groups in total. The maximum absolute atomic E-state index is 13.0. The number of halogens is 1. The predicted octanol–water partition coefficient (Wildman–Crippen LogP) is 2.24. The number of carbonyl (C=O) groups is 2. The van der Waals surface area contributed by atoms with Crippen molar-refractivity contribution in [1.82, 2.24) is 25.7 Å². The molecule has 1 aliphatic heterocycles. The Morgan fingerprint density at radius 1 is 1.32 bits per heavy atom. The maximum Gasteiger partial charge on any atom is 0.320 e. The molecule has 0 radical (unpaired) electrons. The quantitative estimate of drug-likeness (QED) is 0.631.